The average molecular weight is 230 g/mol. The normalized spacial score (nSPS) is 18.3. The van der Waals surface area contributed by atoms with Gasteiger partial charge in [-0.2, -0.15) is 0 Å². The molecule has 0 saturated carbocycles. The van der Waals surface area contributed by atoms with E-state index in [9.17, 15) is 9.59 Å². The fourth-order valence-corrected chi connectivity index (χ4v) is 2.34. The fraction of sp³-hybridized carbons (Fsp3) is 0.800. The molecule has 0 aromatic rings. The predicted molar refractivity (Wildman–Crippen MR) is 61.4 cm³/mol. The predicted octanol–water partition coefficient (Wildman–Crippen LogP) is 2.11. The summed E-state index contributed by atoms with van der Waals surface area (Å²) in [7, 11) is 0. The summed E-state index contributed by atoms with van der Waals surface area (Å²) in [4.78, 5) is 24.9. The molecule has 0 aromatic heterocycles. The first-order chi connectivity index (χ1) is 6.73. The lowest BCUT2D eigenvalue weighted by Crippen LogP contribution is -2.45. The van der Waals surface area contributed by atoms with Gasteiger partial charge in [-0.15, -0.1) is 0 Å². The van der Waals surface area contributed by atoms with Crippen molar-refractivity contribution in [3.8, 4) is 0 Å². The molecule has 1 aliphatic heterocycles. The van der Waals surface area contributed by atoms with Crippen molar-refractivity contribution < 1.29 is 9.59 Å². The van der Waals surface area contributed by atoms with Crippen molar-refractivity contribution in [3.63, 3.8) is 0 Å². The SMILES string of the molecule is CC(C)SN1CC(=O)N(C(C)(C)C)C1=O. The molecule has 5 heteroatoms. The molecule has 1 aliphatic rings. The van der Waals surface area contributed by atoms with E-state index in [0.717, 1.165) is 0 Å². The quantitative estimate of drug-likeness (QED) is 0.539. The van der Waals surface area contributed by atoms with E-state index in [1.165, 1.54) is 21.2 Å². The molecule has 0 spiro atoms. The van der Waals surface area contributed by atoms with Gasteiger partial charge >= 0.3 is 6.03 Å². The maximum atomic E-state index is 11.9. The molecule has 15 heavy (non-hydrogen) atoms. The van der Waals surface area contributed by atoms with Crippen LogP contribution in [0, 0.1) is 0 Å². The molecule has 86 valence electrons. The third-order valence-electron chi connectivity index (χ3n) is 1.94. The number of amides is 3. The van der Waals surface area contributed by atoms with Gasteiger partial charge in [0.2, 0.25) is 0 Å². The number of hydrogen-bond acceptors (Lipinski definition) is 3. The summed E-state index contributed by atoms with van der Waals surface area (Å²) in [6, 6.07) is -0.189. The minimum Gasteiger partial charge on any atom is -0.272 e. The number of rotatable bonds is 2. The highest BCUT2D eigenvalue weighted by Gasteiger charge is 2.42. The maximum absolute atomic E-state index is 11.9. The highest BCUT2D eigenvalue weighted by molar-refractivity contribution is 7.98. The van der Waals surface area contributed by atoms with E-state index in [-0.39, 0.29) is 18.5 Å². The zero-order valence-corrected chi connectivity index (χ0v) is 10.7. The van der Waals surface area contributed by atoms with Gasteiger partial charge in [0.1, 0.15) is 6.54 Å². The van der Waals surface area contributed by atoms with Crippen molar-refractivity contribution in [3.05, 3.63) is 0 Å². The summed E-state index contributed by atoms with van der Waals surface area (Å²) in [5.41, 5.74) is -0.430. The maximum Gasteiger partial charge on any atom is 0.337 e. The molecule has 0 unspecified atom stereocenters. The van der Waals surface area contributed by atoms with Gasteiger partial charge in [-0.05, 0) is 32.7 Å². The van der Waals surface area contributed by atoms with Gasteiger partial charge in [0.25, 0.3) is 5.91 Å². The van der Waals surface area contributed by atoms with Crippen LogP contribution in [0.2, 0.25) is 0 Å². The number of nitrogens with zero attached hydrogens (tertiary/aromatic N) is 2. The molecule has 0 aromatic carbocycles. The molecule has 1 rings (SSSR count). The summed E-state index contributed by atoms with van der Waals surface area (Å²) in [6.45, 7) is 9.80. The van der Waals surface area contributed by atoms with E-state index >= 15 is 0 Å². The molecule has 1 fully saturated rings. The largest absolute Gasteiger partial charge is 0.337 e. The minimum absolute atomic E-state index is 0.111. The first kappa shape index (κ1) is 12.4. The molecule has 3 amide bonds. The van der Waals surface area contributed by atoms with Crippen LogP contribution in [0.3, 0.4) is 0 Å². The zero-order chi connectivity index (χ0) is 11.8. The van der Waals surface area contributed by atoms with Gasteiger partial charge < -0.3 is 0 Å². The van der Waals surface area contributed by atoms with E-state index in [0.29, 0.717) is 5.25 Å². The molecular formula is C10H18N2O2S. The second-order valence-electron chi connectivity index (χ2n) is 4.87. The van der Waals surface area contributed by atoms with Crippen LogP contribution in [0.1, 0.15) is 34.6 Å². The number of imide groups is 1. The van der Waals surface area contributed by atoms with Crippen LogP contribution >= 0.6 is 11.9 Å². The molecule has 0 N–H and O–H groups in total. The summed E-state index contributed by atoms with van der Waals surface area (Å²) in [5.74, 6) is -0.111. The molecule has 0 radical (unpaired) electrons. The smallest absolute Gasteiger partial charge is 0.272 e. The second kappa shape index (κ2) is 4.04. The lowest BCUT2D eigenvalue weighted by atomic mass is 10.1. The molecule has 1 heterocycles. The number of carbonyl (C=O) groups excluding carboxylic acids is 2. The van der Waals surface area contributed by atoms with E-state index in [1.807, 2.05) is 34.6 Å². The van der Waals surface area contributed by atoms with Crippen LogP contribution < -0.4 is 0 Å². The van der Waals surface area contributed by atoms with Gasteiger partial charge in [0, 0.05) is 10.8 Å². The first-order valence-corrected chi connectivity index (χ1v) is 5.88. The lowest BCUT2D eigenvalue weighted by Gasteiger charge is -2.29. The zero-order valence-electron chi connectivity index (χ0n) is 9.90. The second-order valence-corrected chi connectivity index (χ2v) is 6.47. The van der Waals surface area contributed by atoms with Gasteiger partial charge in [0.05, 0.1) is 0 Å². The summed E-state index contributed by atoms with van der Waals surface area (Å²) < 4.78 is 1.54. The van der Waals surface area contributed by atoms with Gasteiger partial charge in [0.15, 0.2) is 0 Å². The van der Waals surface area contributed by atoms with Crippen molar-refractivity contribution in [1.29, 1.82) is 0 Å². The third-order valence-corrected chi connectivity index (χ3v) is 2.90. The van der Waals surface area contributed by atoms with Crippen LogP contribution in [-0.4, -0.2) is 38.5 Å². The summed E-state index contributed by atoms with van der Waals surface area (Å²) in [5, 5.41) is 0.307. The molecule has 0 atom stereocenters. The summed E-state index contributed by atoms with van der Waals surface area (Å²) in [6.07, 6.45) is 0. The Morgan fingerprint density at radius 2 is 1.80 bits per heavy atom. The Hall–Kier alpha value is -0.710. The molecular weight excluding hydrogens is 212 g/mol. The topological polar surface area (TPSA) is 40.6 Å². The Bertz CT molecular complexity index is 284. The monoisotopic (exact) mass is 230 g/mol. The van der Waals surface area contributed by atoms with Crippen molar-refractivity contribution in [2.75, 3.05) is 6.54 Å². The molecule has 0 bridgehead atoms. The minimum atomic E-state index is -0.430. The number of urea groups is 1. The Morgan fingerprint density at radius 3 is 2.13 bits per heavy atom. The van der Waals surface area contributed by atoms with E-state index in [4.69, 9.17) is 0 Å². The van der Waals surface area contributed by atoms with E-state index in [2.05, 4.69) is 0 Å². The fourth-order valence-electron chi connectivity index (χ4n) is 1.48. The average Bonchev–Trinajstić information content (AvgIpc) is 2.23. The van der Waals surface area contributed by atoms with E-state index in [1.54, 1.807) is 0 Å². The van der Waals surface area contributed by atoms with Crippen LogP contribution in [0.15, 0.2) is 0 Å². The van der Waals surface area contributed by atoms with Crippen LogP contribution in [0.5, 0.6) is 0 Å². The van der Waals surface area contributed by atoms with Crippen molar-refractivity contribution in [1.82, 2.24) is 9.21 Å². The molecule has 1 saturated heterocycles. The van der Waals surface area contributed by atoms with Crippen molar-refractivity contribution >= 4 is 23.9 Å². The van der Waals surface area contributed by atoms with Gasteiger partial charge in [-0.3, -0.25) is 14.0 Å². The Kier molecular flexibility index (Phi) is 3.33. The molecule has 0 aliphatic carbocycles. The Balaban J connectivity index is 2.80. The van der Waals surface area contributed by atoms with Gasteiger partial charge in [-0.25, -0.2) is 4.79 Å². The number of carbonyl (C=O) groups is 2. The van der Waals surface area contributed by atoms with Gasteiger partial charge in [-0.1, -0.05) is 13.8 Å². The van der Waals surface area contributed by atoms with Crippen molar-refractivity contribution in [2.45, 2.75) is 45.4 Å². The van der Waals surface area contributed by atoms with E-state index < -0.39 is 5.54 Å². The van der Waals surface area contributed by atoms with Crippen LogP contribution in [0.4, 0.5) is 4.79 Å². The highest BCUT2D eigenvalue weighted by atomic mass is 32.2. The highest BCUT2D eigenvalue weighted by Crippen LogP contribution is 2.28. The third kappa shape index (κ3) is 2.65. The Labute approximate surface area is 95.1 Å². The lowest BCUT2D eigenvalue weighted by molar-refractivity contribution is -0.128. The van der Waals surface area contributed by atoms with Crippen molar-refractivity contribution in [2.24, 2.45) is 0 Å². The summed E-state index contributed by atoms with van der Waals surface area (Å²) >= 11 is 1.42. The molecule has 4 nitrogen and oxygen atoms in total. The Morgan fingerprint density at radius 1 is 1.27 bits per heavy atom. The standard InChI is InChI=1S/C10H18N2O2S/c1-7(2)15-11-6-8(13)12(9(11)14)10(3,4)5/h7H,6H2,1-5H3. The van der Waals surface area contributed by atoms with Crippen LogP contribution in [-0.2, 0) is 4.79 Å². The van der Waals surface area contributed by atoms with Crippen LogP contribution in [0.25, 0.3) is 0 Å². The first-order valence-electron chi connectivity index (χ1n) is 5.05. The number of hydrogen-bond donors (Lipinski definition) is 0.